The Morgan fingerprint density at radius 1 is 1.12 bits per heavy atom. The summed E-state index contributed by atoms with van der Waals surface area (Å²) >= 11 is 0. The second-order valence-corrected chi connectivity index (χ2v) is 4.87. The number of aryl methyl sites for hydroxylation is 1. The highest BCUT2D eigenvalue weighted by Crippen LogP contribution is 2.25. The number of amides is 1. The first-order valence-electron chi connectivity index (χ1n) is 6.34. The van der Waals surface area contributed by atoms with Crippen molar-refractivity contribution >= 4 is 5.91 Å². The molecule has 86 valence electrons. The summed E-state index contributed by atoms with van der Waals surface area (Å²) in [6.07, 6.45) is 9.07. The Morgan fingerprint density at radius 2 is 1.88 bits per heavy atom. The molecule has 0 atom stereocenters. The van der Waals surface area contributed by atoms with Crippen molar-refractivity contribution in [3.8, 4) is 0 Å². The van der Waals surface area contributed by atoms with E-state index >= 15 is 0 Å². The molecule has 1 aromatic heterocycles. The lowest BCUT2D eigenvalue weighted by Crippen LogP contribution is -2.28. The zero-order chi connectivity index (χ0) is 11.0. The van der Waals surface area contributed by atoms with Crippen molar-refractivity contribution in [1.29, 1.82) is 0 Å². The van der Waals surface area contributed by atoms with E-state index in [-0.39, 0.29) is 5.91 Å². The molecule has 3 nitrogen and oxygen atoms in total. The van der Waals surface area contributed by atoms with Crippen LogP contribution in [0.4, 0.5) is 0 Å². The summed E-state index contributed by atoms with van der Waals surface area (Å²) in [5.74, 6) is 0.223. The third-order valence-electron chi connectivity index (χ3n) is 3.81. The monoisotopic (exact) mass is 218 g/mol. The normalized spacial score (nSPS) is 19.9. The van der Waals surface area contributed by atoms with E-state index in [1.165, 1.54) is 24.0 Å². The van der Waals surface area contributed by atoms with Crippen molar-refractivity contribution in [2.75, 3.05) is 13.1 Å². The number of nitrogens with zero attached hydrogens (tertiary/aromatic N) is 1. The van der Waals surface area contributed by atoms with Crippen LogP contribution in [0.25, 0.3) is 0 Å². The highest BCUT2D eigenvalue weighted by molar-refractivity contribution is 5.94. The van der Waals surface area contributed by atoms with Gasteiger partial charge in [0.15, 0.2) is 0 Å². The van der Waals surface area contributed by atoms with Crippen LogP contribution in [0.2, 0.25) is 0 Å². The van der Waals surface area contributed by atoms with E-state index in [0.29, 0.717) is 0 Å². The van der Waals surface area contributed by atoms with Gasteiger partial charge in [-0.3, -0.25) is 4.79 Å². The van der Waals surface area contributed by atoms with Crippen LogP contribution in [-0.4, -0.2) is 28.9 Å². The van der Waals surface area contributed by atoms with Gasteiger partial charge in [-0.2, -0.15) is 0 Å². The number of fused-ring (bicyclic) bond motifs is 1. The Kier molecular flexibility index (Phi) is 2.46. The molecule has 1 fully saturated rings. The molecule has 0 bridgehead atoms. The van der Waals surface area contributed by atoms with Crippen molar-refractivity contribution in [2.24, 2.45) is 0 Å². The Balaban J connectivity index is 1.88. The molecule has 1 aliphatic heterocycles. The number of hydrogen-bond donors (Lipinski definition) is 1. The van der Waals surface area contributed by atoms with Crippen LogP contribution in [0.3, 0.4) is 0 Å². The lowest BCUT2D eigenvalue weighted by Gasteiger charge is -2.17. The average molecular weight is 218 g/mol. The molecule has 3 rings (SSSR count). The third-order valence-corrected chi connectivity index (χ3v) is 3.81. The van der Waals surface area contributed by atoms with E-state index in [2.05, 4.69) is 4.98 Å². The quantitative estimate of drug-likeness (QED) is 0.770. The molecule has 1 N–H and O–H groups in total. The van der Waals surface area contributed by atoms with Gasteiger partial charge in [-0.1, -0.05) is 0 Å². The highest BCUT2D eigenvalue weighted by atomic mass is 16.2. The van der Waals surface area contributed by atoms with Crippen LogP contribution < -0.4 is 0 Å². The number of hydrogen-bond acceptors (Lipinski definition) is 1. The number of nitrogens with one attached hydrogen (secondary N) is 1. The molecule has 3 heteroatoms. The molecule has 0 spiro atoms. The summed E-state index contributed by atoms with van der Waals surface area (Å²) in [4.78, 5) is 17.5. The first-order chi connectivity index (χ1) is 7.86. The zero-order valence-electron chi connectivity index (χ0n) is 9.59. The van der Waals surface area contributed by atoms with Crippen molar-refractivity contribution in [2.45, 2.75) is 38.5 Å². The van der Waals surface area contributed by atoms with Crippen LogP contribution in [0.5, 0.6) is 0 Å². The predicted molar refractivity (Wildman–Crippen MR) is 62.6 cm³/mol. The largest absolute Gasteiger partial charge is 0.357 e. The molecule has 0 radical (unpaired) electrons. The van der Waals surface area contributed by atoms with Crippen LogP contribution in [0, 0.1) is 0 Å². The van der Waals surface area contributed by atoms with E-state index in [1.807, 2.05) is 11.1 Å². The summed E-state index contributed by atoms with van der Waals surface area (Å²) in [5.41, 5.74) is 3.54. The molecular weight excluding hydrogens is 200 g/mol. The van der Waals surface area contributed by atoms with Gasteiger partial charge in [-0.25, -0.2) is 0 Å². The molecule has 1 amide bonds. The fourth-order valence-electron chi connectivity index (χ4n) is 2.89. The van der Waals surface area contributed by atoms with Gasteiger partial charge in [-0.15, -0.1) is 0 Å². The maximum absolute atomic E-state index is 12.3. The van der Waals surface area contributed by atoms with Crippen LogP contribution in [-0.2, 0) is 12.8 Å². The Bertz CT molecular complexity index is 402. The molecule has 1 saturated heterocycles. The Hall–Kier alpha value is -1.25. The maximum Gasteiger partial charge on any atom is 0.270 e. The number of carbonyl (C=O) groups is 1. The molecule has 16 heavy (non-hydrogen) atoms. The van der Waals surface area contributed by atoms with Gasteiger partial charge in [-0.05, 0) is 49.7 Å². The Labute approximate surface area is 95.8 Å². The van der Waals surface area contributed by atoms with E-state index < -0.39 is 0 Å². The molecule has 0 saturated carbocycles. The second-order valence-electron chi connectivity index (χ2n) is 4.87. The molecule has 0 aromatic carbocycles. The van der Waals surface area contributed by atoms with Crippen LogP contribution in [0.1, 0.15) is 47.3 Å². The van der Waals surface area contributed by atoms with Gasteiger partial charge in [0, 0.05) is 19.3 Å². The van der Waals surface area contributed by atoms with Gasteiger partial charge in [0.2, 0.25) is 0 Å². The predicted octanol–water partition coefficient (Wildman–Crippen LogP) is 2.13. The van der Waals surface area contributed by atoms with E-state index in [9.17, 15) is 4.79 Å². The fraction of sp³-hybridized carbons (Fsp3) is 0.615. The van der Waals surface area contributed by atoms with Crippen LogP contribution in [0.15, 0.2) is 6.20 Å². The zero-order valence-corrected chi connectivity index (χ0v) is 9.59. The van der Waals surface area contributed by atoms with Gasteiger partial charge >= 0.3 is 0 Å². The average Bonchev–Trinajstić information content (AvgIpc) is 2.98. The SMILES string of the molecule is O=C(c1[nH]cc2c1CCCC2)N1CCCC1. The summed E-state index contributed by atoms with van der Waals surface area (Å²) in [6.45, 7) is 1.87. The van der Waals surface area contributed by atoms with Crippen molar-refractivity contribution in [3.05, 3.63) is 23.0 Å². The Morgan fingerprint density at radius 3 is 2.69 bits per heavy atom. The summed E-state index contributed by atoms with van der Waals surface area (Å²) in [7, 11) is 0. The lowest BCUT2D eigenvalue weighted by molar-refractivity contribution is 0.0786. The first-order valence-corrected chi connectivity index (χ1v) is 6.34. The minimum absolute atomic E-state index is 0.223. The molecule has 2 heterocycles. The summed E-state index contributed by atoms with van der Waals surface area (Å²) in [6, 6.07) is 0. The summed E-state index contributed by atoms with van der Waals surface area (Å²) < 4.78 is 0. The minimum atomic E-state index is 0.223. The highest BCUT2D eigenvalue weighted by Gasteiger charge is 2.25. The van der Waals surface area contributed by atoms with Gasteiger partial charge in [0.1, 0.15) is 5.69 Å². The van der Waals surface area contributed by atoms with Gasteiger partial charge in [0.25, 0.3) is 5.91 Å². The molecule has 1 aromatic rings. The van der Waals surface area contributed by atoms with Crippen LogP contribution >= 0.6 is 0 Å². The second kappa shape index (κ2) is 3.96. The number of aromatic amines is 1. The molecular formula is C13H18N2O. The van der Waals surface area contributed by atoms with Crippen molar-refractivity contribution in [3.63, 3.8) is 0 Å². The third kappa shape index (κ3) is 1.55. The summed E-state index contributed by atoms with van der Waals surface area (Å²) in [5, 5.41) is 0. The first kappa shape index (κ1) is 9.94. The molecule has 1 aliphatic carbocycles. The van der Waals surface area contributed by atoms with Crippen molar-refractivity contribution in [1.82, 2.24) is 9.88 Å². The van der Waals surface area contributed by atoms with Gasteiger partial charge in [0.05, 0.1) is 0 Å². The minimum Gasteiger partial charge on any atom is -0.357 e. The number of aromatic nitrogens is 1. The standard InChI is InChI=1S/C13H18N2O/c16-13(15-7-3-4-8-15)12-11-6-2-1-5-10(11)9-14-12/h9,14H,1-8H2. The van der Waals surface area contributed by atoms with E-state index in [0.717, 1.165) is 44.5 Å². The van der Waals surface area contributed by atoms with E-state index in [4.69, 9.17) is 0 Å². The maximum atomic E-state index is 12.3. The smallest absolute Gasteiger partial charge is 0.270 e. The lowest BCUT2D eigenvalue weighted by atomic mass is 9.93. The van der Waals surface area contributed by atoms with Crippen molar-refractivity contribution < 1.29 is 4.79 Å². The van der Waals surface area contributed by atoms with E-state index in [1.54, 1.807) is 0 Å². The number of rotatable bonds is 1. The van der Waals surface area contributed by atoms with Gasteiger partial charge < -0.3 is 9.88 Å². The topological polar surface area (TPSA) is 36.1 Å². The fourth-order valence-corrected chi connectivity index (χ4v) is 2.89. The number of carbonyl (C=O) groups excluding carboxylic acids is 1. The molecule has 0 unspecified atom stereocenters. The molecule has 2 aliphatic rings. The number of H-pyrrole nitrogens is 1. The number of likely N-dealkylation sites (tertiary alicyclic amines) is 1.